The van der Waals surface area contributed by atoms with Gasteiger partial charge in [-0.15, -0.1) is 0 Å². The van der Waals surface area contributed by atoms with Crippen molar-refractivity contribution < 1.29 is 14.3 Å². The smallest absolute Gasteiger partial charge is 0.248 e. The largest absolute Gasteiger partial charge is 0.382 e. The number of ether oxygens (including phenoxy) is 2. The predicted molar refractivity (Wildman–Crippen MR) is 63.7 cm³/mol. The third-order valence-corrected chi connectivity index (χ3v) is 3.91. The van der Waals surface area contributed by atoms with Gasteiger partial charge in [0, 0.05) is 32.8 Å². The van der Waals surface area contributed by atoms with Crippen LogP contribution in [-0.4, -0.2) is 63.4 Å². The number of methoxy groups -OCH3 is 1. The molecule has 0 spiro atoms. The number of rotatable bonds is 5. The minimum Gasteiger partial charge on any atom is -0.382 e. The van der Waals surface area contributed by atoms with Crippen LogP contribution in [0.4, 0.5) is 0 Å². The van der Waals surface area contributed by atoms with E-state index in [2.05, 4.69) is 12.2 Å². The number of fused-ring (bicyclic) bond motifs is 1. The summed E-state index contributed by atoms with van der Waals surface area (Å²) in [7, 11) is 1.63. The fourth-order valence-electron chi connectivity index (χ4n) is 2.88. The molecular weight excluding hydrogens is 220 g/mol. The fourth-order valence-corrected chi connectivity index (χ4v) is 2.88. The summed E-state index contributed by atoms with van der Waals surface area (Å²) >= 11 is 0. The second-order valence-corrected chi connectivity index (χ2v) is 4.91. The zero-order chi connectivity index (χ0) is 12.3. The van der Waals surface area contributed by atoms with Crippen molar-refractivity contribution in [2.75, 3.05) is 46.6 Å². The topological polar surface area (TPSA) is 50.8 Å². The van der Waals surface area contributed by atoms with Gasteiger partial charge in [0.15, 0.2) is 0 Å². The number of amides is 1. The molecule has 0 aromatic heterocycles. The van der Waals surface area contributed by atoms with E-state index in [1.165, 1.54) is 0 Å². The van der Waals surface area contributed by atoms with E-state index in [4.69, 9.17) is 9.47 Å². The summed E-state index contributed by atoms with van der Waals surface area (Å²) in [6.45, 7) is 6.32. The van der Waals surface area contributed by atoms with E-state index in [9.17, 15) is 4.79 Å². The van der Waals surface area contributed by atoms with Crippen LogP contribution in [0.1, 0.15) is 6.92 Å². The van der Waals surface area contributed by atoms with Crippen molar-refractivity contribution in [3.05, 3.63) is 0 Å². The average molecular weight is 242 g/mol. The Morgan fingerprint density at radius 1 is 1.41 bits per heavy atom. The fraction of sp³-hybridized carbons (Fsp3) is 0.917. The highest BCUT2D eigenvalue weighted by Gasteiger charge is 2.43. The highest BCUT2D eigenvalue weighted by molar-refractivity contribution is 5.78. The minimum absolute atomic E-state index is 0.114. The molecule has 0 aliphatic carbocycles. The molecule has 0 aromatic carbocycles. The molecule has 2 saturated heterocycles. The summed E-state index contributed by atoms with van der Waals surface area (Å²) < 4.78 is 10.2. The third-order valence-electron chi connectivity index (χ3n) is 3.91. The van der Waals surface area contributed by atoms with Gasteiger partial charge in [-0.2, -0.15) is 0 Å². The molecule has 0 aromatic rings. The van der Waals surface area contributed by atoms with Gasteiger partial charge in [0.1, 0.15) is 6.61 Å². The molecule has 2 aliphatic heterocycles. The van der Waals surface area contributed by atoms with Gasteiger partial charge in [0.05, 0.1) is 13.2 Å². The maximum Gasteiger partial charge on any atom is 0.248 e. The molecule has 17 heavy (non-hydrogen) atoms. The molecule has 0 bridgehead atoms. The van der Waals surface area contributed by atoms with Gasteiger partial charge in [-0.3, -0.25) is 4.79 Å². The summed E-state index contributed by atoms with van der Waals surface area (Å²) in [6, 6.07) is 0.341. The zero-order valence-corrected chi connectivity index (χ0v) is 10.6. The first-order valence-corrected chi connectivity index (χ1v) is 6.31. The zero-order valence-electron chi connectivity index (χ0n) is 10.6. The van der Waals surface area contributed by atoms with Gasteiger partial charge in [0.2, 0.25) is 5.91 Å². The van der Waals surface area contributed by atoms with Crippen LogP contribution in [0, 0.1) is 11.8 Å². The van der Waals surface area contributed by atoms with Gasteiger partial charge in [-0.25, -0.2) is 0 Å². The first-order chi connectivity index (χ1) is 8.24. The Morgan fingerprint density at radius 3 is 2.94 bits per heavy atom. The lowest BCUT2D eigenvalue weighted by molar-refractivity contribution is -0.137. The van der Waals surface area contributed by atoms with Crippen molar-refractivity contribution in [2.45, 2.75) is 13.0 Å². The molecular formula is C12H22N2O3. The van der Waals surface area contributed by atoms with Crippen LogP contribution in [0.2, 0.25) is 0 Å². The summed E-state index contributed by atoms with van der Waals surface area (Å²) in [4.78, 5) is 14.0. The minimum atomic E-state index is 0.114. The van der Waals surface area contributed by atoms with Gasteiger partial charge in [-0.1, -0.05) is 0 Å². The molecule has 5 nitrogen and oxygen atoms in total. The Morgan fingerprint density at radius 2 is 2.24 bits per heavy atom. The number of hydrogen-bond acceptors (Lipinski definition) is 4. The lowest BCUT2D eigenvalue weighted by Crippen LogP contribution is -2.40. The summed E-state index contributed by atoms with van der Waals surface area (Å²) in [6.07, 6.45) is 0. The van der Waals surface area contributed by atoms with E-state index >= 15 is 0 Å². The maximum atomic E-state index is 12.0. The average Bonchev–Trinajstić information content (AvgIpc) is 2.88. The van der Waals surface area contributed by atoms with E-state index in [1.807, 2.05) is 4.90 Å². The van der Waals surface area contributed by atoms with E-state index in [0.29, 0.717) is 31.1 Å². The van der Waals surface area contributed by atoms with E-state index < -0.39 is 0 Å². The molecule has 0 saturated carbocycles. The third kappa shape index (κ3) is 2.78. The first-order valence-electron chi connectivity index (χ1n) is 6.31. The number of hydrogen-bond donors (Lipinski definition) is 1. The molecule has 5 heteroatoms. The van der Waals surface area contributed by atoms with Crippen LogP contribution in [-0.2, 0) is 14.3 Å². The molecule has 1 amide bonds. The predicted octanol–water partition coefficient (Wildman–Crippen LogP) is -0.284. The summed E-state index contributed by atoms with van der Waals surface area (Å²) in [5.74, 6) is 1.37. The lowest BCUT2D eigenvalue weighted by atomic mass is 9.95. The van der Waals surface area contributed by atoms with Gasteiger partial charge >= 0.3 is 0 Å². The van der Waals surface area contributed by atoms with E-state index in [-0.39, 0.29) is 12.5 Å². The molecule has 2 fully saturated rings. The Kier molecular flexibility index (Phi) is 4.36. The SMILES string of the molecule is COCCOCC(=O)N1CC2CNCC2C1C. The Balaban J connectivity index is 1.76. The van der Waals surface area contributed by atoms with Gasteiger partial charge in [-0.05, 0) is 18.8 Å². The van der Waals surface area contributed by atoms with Crippen molar-refractivity contribution in [1.82, 2.24) is 10.2 Å². The van der Waals surface area contributed by atoms with Crippen molar-refractivity contribution >= 4 is 5.91 Å². The van der Waals surface area contributed by atoms with Crippen molar-refractivity contribution in [3.63, 3.8) is 0 Å². The second-order valence-electron chi connectivity index (χ2n) is 4.91. The molecule has 0 radical (unpaired) electrons. The molecule has 3 atom stereocenters. The summed E-state index contributed by atoms with van der Waals surface area (Å²) in [5.41, 5.74) is 0. The van der Waals surface area contributed by atoms with Gasteiger partial charge < -0.3 is 19.7 Å². The highest BCUT2D eigenvalue weighted by Crippen LogP contribution is 2.32. The number of nitrogens with one attached hydrogen (secondary N) is 1. The van der Waals surface area contributed by atoms with Crippen LogP contribution in [0.15, 0.2) is 0 Å². The van der Waals surface area contributed by atoms with E-state index in [1.54, 1.807) is 7.11 Å². The normalized spacial score (nSPS) is 31.9. The van der Waals surface area contributed by atoms with Crippen LogP contribution in [0.3, 0.4) is 0 Å². The number of likely N-dealkylation sites (tertiary alicyclic amines) is 1. The number of carbonyl (C=O) groups is 1. The standard InChI is InChI=1S/C12H22N2O3/c1-9-11-6-13-5-10(11)7-14(9)12(15)8-17-4-3-16-2/h9-11,13H,3-8H2,1-2H3. The van der Waals surface area contributed by atoms with Crippen molar-refractivity contribution in [3.8, 4) is 0 Å². The van der Waals surface area contributed by atoms with Crippen LogP contribution in [0.25, 0.3) is 0 Å². The number of carbonyl (C=O) groups excluding carboxylic acids is 1. The van der Waals surface area contributed by atoms with Crippen LogP contribution >= 0.6 is 0 Å². The van der Waals surface area contributed by atoms with Crippen LogP contribution < -0.4 is 5.32 Å². The Labute approximate surface area is 102 Å². The monoisotopic (exact) mass is 242 g/mol. The molecule has 2 rings (SSSR count). The van der Waals surface area contributed by atoms with E-state index in [0.717, 1.165) is 19.6 Å². The van der Waals surface area contributed by atoms with Crippen LogP contribution in [0.5, 0.6) is 0 Å². The molecule has 2 heterocycles. The molecule has 2 aliphatic rings. The molecule has 1 N–H and O–H groups in total. The highest BCUT2D eigenvalue weighted by atomic mass is 16.5. The molecule has 98 valence electrons. The Bertz CT molecular complexity index is 272. The van der Waals surface area contributed by atoms with Crippen molar-refractivity contribution in [2.24, 2.45) is 11.8 Å². The summed E-state index contributed by atoms with van der Waals surface area (Å²) in [5, 5.41) is 3.39. The Hall–Kier alpha value is -0.650. The second kappa shape index (κ2) is 5.80. The van der Waals surface area contributed by atoms with Crippen molar-refractivity contribution in [1.29, 1.82) is 0 Å². The number of nitrogens with zero attached hydrogens (tertiary/aromatic N) is 1. The maximum absolute atomic E-state index is 12.0. The quantitative estimate of drug-likeness (QED) is 0.674. The lowest BCUT2D eigenvalue weighted by Gasteiger charge is -2.24. The van der Waals surface area contributed by atoms with Gasteiger partial charge in [0.25, 0.3) is 0 Å². The molecule has 3 unspecified atom stereocenters. The first kappa shape index (κ1) is 12.8.